The van der Waals surface area contributed by atoms with Gasteiger partial charge in [-0.3, -0.25) is 9.78 Å². The maximum atomic E-state index is 13.0. The van der Waals surface area contributed by atoms with E-state index in [2.05, 4.69) is 4.98 Å². The fraction of sp³-hybridized carbons (Fsp3) is 0.333. The van der Waals surface area contributed by atoms with E-state index in [0.717, 1.165) is 6.20 Å². The first kappa shape index (κ1) is 9.21. The zero-order chi connectivity index (χ0) is 10.1. The molecule has 0 aromatic carbocycles. The van der Waals surface area contributed by atoms with Gasteiger partial charge in [0.2, 0.25) is 0 Å². The number of ketones is 1. The van der Waals surface area contributed by atoms with Crippen LogP contribution in [0.25, 0.3) is 0 Å². The highest BCUT2D eigenvalue weighted by atomic mass is 19.1. The summed E-state index contributed by atoms with van der Waals surface area (Å²) in [5, 5.41) is 0. The molecule has 5 heteroatoms. The highest BCUT2D eigenvalue weighted by molar-refractivity contribution is 5.86. The van der Waals surface area contributed by atoms with Crippen molar-refractivity contribution < 1.29 is 18.3 Å². The maximum absolute atomic E-state index is 13.0. The van der Waals surface area contributed by atoms with Gasteiger partial charge in [0.1, 0.15) is 17.7 Å². The van der Waals surface area contributed by atoms with Crippen LogP contribution in [0.4, 0.5) is 8.78 Å². The lowest BCUT2D eigenvalue weighted by atomic mass is 10.1. The van der Waals surface area contributed by atoms with Gasteiger partial charge in [-0.05, 0) is 0 Å². The van der Waals surface area contributed by atoms with Crippen LogP contribution in [0.1, 0.15) is 5.69 Å². The summed E-state index contributed by atoms with van der Waals surface area (Å²) >= 11 is 0. The maximum Gasteiger partial charge on any atom is 0.169 e. The zero-order valence-corrected chi connectivity index (χ0v) is 7.17. The standard InChI is InChI=1S/C9H7F2NO2/c10-5-1-6(11)7(12-3-5)2-8(13)9-4-14-9/h1,3,9H,2,4H2. The number of carbonyl (C=O) groups is 1. The van der Waals surface area contributed by atoms with Crippen molar-refractivity contribution >= 4 is 5.78 Å². The molecule has 0 amide bonds. The molecule has 0 radical (unpaired) electrons. The van der Waals surface area contributed by atoms with Gasteiger partial charge in [0, 0.05) is 6.07 Å². The van der Waals surface area contributed by atoms with Crippen molar-refractivity contribution in [2.75, 3.05) is 6.61 Å². The lowest BCUT2D eigenvalue weighted by Gasteiger charge is -1.99. The van der Waals surface area contributed by atoms with Crippen molar-refractivity contribution in [3.05, 3.63) is 29.6 Å². The van der Waals surface area contributed by atoms with Crippen LogP contribution >= 0.6 is 0 Å². The second kappa shape index (κ2) is 3.42. The van der Waals surface area contributed by atoms with E-state index in [1.807, 2.05) is 0 Å². The Hall–Kier alpha value is -1.36. The smallest absolute Gasteiger partial charge is 0.169 e. The first-order chi connectivity index (χ1) is 6.66. The highest BCUT2D eigenvalue weighted by Crippen LogP contribution is 2.14. The first-order valence-corrected chi connectivity index (χ1v) is 4.11. The lowest BCUT2D eigenvalue weighted by Crippen LogP contribution is -2.12. The molecule has 2 heterocycles. The molecule has 1 fully saturated rings. The average Bonchev–Trinajstić information content (AvgIpc) is 2.92. The molecular formula is C9H7F2NO2. The number of hydrogen-bond acceptors (Lipinski definition) is 3. The quantitative estimate of drug-likeness (QED) is 0.678. The van der Waals surface area contributed by atoms with Crippen molar-refractivity contribution in [3.8, 4) is 0 Å². The second-order valence-corrected chi connectivity index (χ2v) is 3.05. The van der Waals surface area contributed by atoms with Crippen LogP contribution in [0.5, 0.6) is 0 Å². The molecule has 1 aromatic heterocycles. The number of hydrogen-bond donors (Lipinski definition) is 0. The van der Waals surface area contributed by atoms with Gasteiger partial charge >= 0.3 is 0 Å². The Labute approximate surface area is 78.7 Å². The van der Waals surface area contributed by atoms with Gasteiger partial charge in [-0.15, -0.1) is 0 Å². The minimum Gasteiger partial charge on any atom is -0.365 e. The topological polar surface area (TPSA) is 42.5 Å². The fourth-order valence-electron chi connectivity index (χ4n) is 1.09. The lowest BCUT2D eigenvalue weighted by molar-refractivity contribution is -0.119. The van der Waals surface area contributed by atoms with E-state index in [1.54, 1.807) is 0 Å². The molecule has 0 bridgehead atoms. The van der Waals surface area contributed by atoms with Crippen molar-refractivity contribution in [1.82, 2.24) is 4.98 Å². The van der Waals surface area contributed by atoms with Gasteiger partial charge in [-0.2, -0.15) is 0 Å². The molecular weight excluding hydrogens is 192 g/mol. The Bertz CT molecular complexity index is 377. The van der Waals surface area contributed by atoms with Gasteiger partial charge in [0.05, 0.1) is 24.9 Å². The molecule has 3 nitrogen and oxygen atoms in total. The summed E-state index contributed by atoms with van der Waals surface area (Å²) in [7, 11) is 0. The summed E-state index contributed by atoms with van der Waals surface area (Å²) in [6, 6.07) is 0.712. The van der Waals surface area contributed by atoms with Crippen LogP contribution in [0.15, 0.2) is 12.3 Å². The van der Waals surface area contributed by atoms with Gasteiger partial charge in [0.25, 0.3) is 0 Å². The third kappa shape index (κ3) is 1.93. The van der Waals surface area contributed by atoms with Gasteiger partial charge in [0.15, 0.2) is 5.78 Å². The summed E-state index contributed by atoms with van der Waals surface area (Å²) < 4.78 is 30.2. The summed E-state index contributed by atoms with van der Waals surface area (Å²) in [5.74, 6) is -1.76. The number of epoxide rings is 1. The molecule has 1 unspecified atom stereocenters. The number of carbonyl (C=O) groups excluding carboxylic acids is 1. The van der Waals surface area contributed by atoms with Crippen LogP contribution in [0.3, 0.4) is 0 Å². The van der Waals surface area contributed by atoms with E-state index < -0.39 is 17.7 Å². The number of halogens is 2. The molecule has 1 saturated heterocycles. The predicted molar refractivity (Wildman–Crippen MR) is 42.6 cm³/mol. The Kier molecular flexibility index (Phi) is 2.25. The number of rotatable bonds is 3. The van der Waals surface area contributed by atoms with Crippen LogP contribution in [-0.4, -0.2) is 23.5 Å². The number of ether oxygens (including phenoxy) is 1. The molecule has 74 valence electrons. The second-order valence-electron chi connectivity index (χ2n) is 3.05. The third-order valence-corrected chi connectivity index (χ3v) is 1.92. The summed E-state index contributed by atoms with van der Waals surface area (Å²) in [6.45, 7) is 0.391. The monoisotopic (exact) mass is 199 g/mol. The largest absolute Gasteiger partial charge is 0.365 e. The summed E-state index contributed by atoms with van der Waals surface area (Å²) in [6.07, 6.45) is 0.331. The van der Waals surface area contributed by atoms with Crippen molar-refractivity contribution in [1.29, 1.82) is 0 Å². The Morgan fingerprint density at radius 1 is 1.64 bits per heavy atom. The molecule has 0 N–H and O–H groups in total. The van der Waals surface area contributed by atoms with E-state index in [4.69, 9.17) is 4.74 Å². The molecule has 0 saturated carbocycles. The van der Waals surface area contributed by atoms with Crippen molar-refractivity contribution in [2.24, 2.45) is 0 Å². The summed E-state index contributed by atoms with van der Waals surface area (Å²) in [5.41, 5.74) is -0.0353. The minimum atomic E-state index is -0.793. The van der Waals surface area contributed by atoms with Crippen LogP contribution < -0.4 is 0 Å². The number of nitrogens with zero attached hydrogens (tertiary/aromatic N) is 1. The summed E-state index contributed by atoms with van der Waals surface area (Å²) in [4.78, 5) is 14.7. The molecule has 1 aliphatic rings. The SMILES string of the molecule is O=C(Cc1ncc(F)cc1F)C1CO1. The van der Waals surface area contributed by atoms with Crippen molar-refractivity contribution in [2.45, 2.75) is 12.5 Å². The van der Waals surface area contributed by atoms with Gasteiger partial charge < -0.3 is 4.74 Å². The van der Waals surface area contributed by atoms with Crippen LogP contribution in [0.2, 0.25) is 0 Å². The molecule has 2 rings (SSSR count). The van der Waals surface area contributed by atoms with Gasteiger partial charge in [-0.25, -0.2) is 8.78 Å². The molecule has 1 atom stereocenters. The highest BCUT2D eigenvalue weighted by Gasteiger charge is 2.31. The molecule has 0 aliphatic carbocycles. The van der Waals surface area contributed by atoms with Crippen molar-refractivity contribution in [3.63, 3.8) is 0 Å². The fourth-order valence-corrected chi connectivity index (χ4v) is 1.09. The third-order valence-electron chi connectivity index (χ3n) is 1.92. The molecule has 0 spiro atoms. The molecule has 14 heavy (non-hydrogen) atoms. The van der Waals surface area contributed by atoms with Crippen LogP contribution in [-0.2, 0) is 16.0 Å². The predicted octanol–water partition coefficient (Wildman–Crippen LogP) is 0.870. The average molecular weight is 199 g/mol. The van der Waals surface area contributed by atoms with E-state index in [-0.39, 0.29) is 17.9 Å². The number of aromatic nitrogens is 1. The first-order valence-electron chi connectivity index (χ1n) is 4.11. The van der Waals surface area contributed by atoms with E-state index in [1.165, 1.54) is 0 Å². The van der Waals surface area contributed by atoms with E-state index >= 15 is 0 Å². The Balaban J connectivity index is 2.11. The van der Waals surface area contributed by atoms with Crippen LogP contribution in [0, 0.1) is 11.6 Å². The minimum absolute atomic E-state index is 0.0353. The van der Waals surface area contributed by atoms with E-state index in [9.17, 15) is 13.6 Å². The van der Waals surface area contributed by atoms with Gasteiger partial charge in [-0.1, -0.05) is 0 Å². The Morgan fingerprint density at radius 2 is 2.36 bits per heavy atom. The normalized spacial score (nSPS) is 19.4. The number of pyridine rings is 1. The zero-order valence-electron chi connectivity index (χ0n) is 7.17. The Morgan fingerprint density at radius 3 is 2.93 bits per heavy atom. The molecule has 1 aromatic rings. The molecule has 1 aliphatic heterocycles. The van der Waals surface area contributed by atoms with E-state index in [0.29, 0.717) is 12.7 Å². The number of Topliss-reactive ketones (excluding diaryl/α,β-unsaturated/α-hetero) is 1.